The monoisotopic (exact) mass is 407 g/mol. The second-order valence-corrected chi connectivity index (χ2v) is 5.77. The van der Waals surface area contributed by atoms with Gasteiger partial charge in [-0.15, -0.1) is 0 Å². The van der Waals surface area contributed by atoms with E-state index in [0.717, 1.165) is 14.7 Å². The van der Waals surface area contributed by atoms with Gasteiger partial charge < -0.3 is 5.32 Å². The summed E-state index contributed by atoms with van der Waals surface area (Å²) in [5, 5.41) is 6.31. The van der Waals surface area contributed by atoms with Crippen LogP contribution in [0.1, 0.15) is 11.1 Å². The van der Waals surface area contributed by atoms with E-state index in [1.807, 2.05) is 43.3 Å². The molecule has 0 spiro atoms. The number of benzene rings is 2. The van der Waals surface area contributed by atoms with E-state index in [-0.39, 0.29) is 0 Å². The SMILES string of the molecule is Cc1ccccc1NC(=O)C(=O)NN=Cc1ccc(I)cc1. The number of hydrogen-bond donors (Lipinski definition) is 2. The number of carbonyl (C=O) groups is 2. The number of nitrogens with one attached hydrogen (secondary N) is 2. The number of nitrogens with zero attached hydrogens (tertiary/aromatic N) is 1. The average molecular weight is 407 g/mol. The fraction of sp³-hybridized carbons (Fsp3) is 0.0625. The number of para-hydroxylation sites is 1. The van der Waals surface area contributed by atoms with Crippen molar-refractivity contribution in [3.05, 3.63) is 63.2 Å². The minimum absolute atomic E-state index is 0.601. The Morgan fingerprint density at radius 1 is 1.05 bits per heavy atom. The molecule has 0 fully saturated rings. The van der Waals surface area contributed by atoms with Gasteiger partial charge in [-0.2, -0.15) is 5.10 Å². The summed E-state index contributed by atoms with van der Waals surface area (Å²) >= 11 is 2.20. The summed E-state index contributed by atoms with van der Waals surface area (Å²) < 4.78 is 1.11. The quantitative estimate of drug-likeness (QED) is 0.356. The molecule has 0 aliphatic heterocycles. The van der Waals surface area contributed by atoms with E-state index in [1.54, 1.807) is 12.1 Å². The summed E-state index contributed by atoms with van der Waals surface area (Å²) in [6, 6.07) is 14.8. The van der Waals surface area contributed by atoms with Gasteiger partial charge in [0.15, 0.2) is 0 Å². The fourth-order valence-electron chi connectivity index (χ4n) is 1.66. The third-order valence-electron chi connectivity index (χ3n) is 2.85. The lowest BCUT2D eigenvalue weighted by Crippen LogP contribution is -2.32. The van der Waals surface area contributed by atoms with Gasteiger partial charge in [0.1, 0.15) is 0 Å². The lowest BCUT2D eigenvalue weighted by Gasteiger charge is -2.06. The van der Waals surface area contributed by atoms with Crippen LogP contribution < -0.4 is 10.7 Å². The minimum atomic E-state index is -0.815. The van der Waals surface area contributed by atoms with E-state index in [1.165, 1.54) is 6.21 Å². The van der Waals surface area contributed by atoms with Crippen LogP contribution in [0.15, 0.2) is 53.6 Å². The molecule has 2 aromatic rings. The van der Waals surface area contributed by atoms with Crippen molar-refractivity contribution in [2.24, 2.45) is 5.10 Å². The van der Waals surface area contributed by atoms with Crippen LogP contribution in [-0.4, -0.2) is 18.0 Å². The van der Waals surface area contributed by atoms with E-state index in [9.17, 15) is 9.59 Å². The van der Waals surface area contributed by atoms with Gasteiger partial charge in [0.05, 0.1) is 6.21 Å². The molecule has 6 heteroatoms. The number of aryl methyl sites for hydroxylation is 1. The van der Waals surface area contributed by atoms with Crippen LogP contribution in [0.2, 0.25) is 0 Å². The molecule has 2 amide bonds. The van der Waals surface area contributed by atoms with Gasteiger partial charge in [-0.05, 0) is 58.8 Å². The number of hydrogen-bond acceptors (Lipinski definition) is 3. The molecule has 2 aromatic carbocycles. The van der Waals surface area contributed by atoms with E-state index >= 15 is 0 Å². The molecule has 0 saturated carbocycles. The molecule has 0 radical (unpaired) electrons. The molecule has 0 aliphatic carbocycles. The fourth-order valence-corrected chi connectivity index (χ4v) is 2.02. The Morgan fingerprint density at radius 2 is 1.73 bits per heavy atom. The first-order valence-electron chi connectivity index (χ1n) is 6.52. The summed E-state index contributed by atoms with van der Waals surface area (Å²) in [5.41, 5.74) is 4.52. The summed E-state index contributed by atoms with van der Waals surface area (Å²) in [6.45, 7) is 1.85. The number of anilines is 1. The number of hydrazone groups is 1. The highest BCUT2D eigenvalue weighted by Crippen LogP contribution is 2.12. The zero-order valence-corrected chi connectivity index (χ0v) is 14.0. The van der Waals surface area contributed by atoms with Crippen LogP contribution in [0.25, 0.3) is 0 Å². The third kappa shape index (κ3) is 4.66. The molecule has 0 bridgehead atoms. The van der Waals surface area contributed by atoms with E-state index in [4.69, 9.17) is 0 Å². The summed E-state index contributed by atoms with van der Waals surface area (Å²) in [6.07, 6.45) is 1.48. The summed E-state index contributed by atoms with van der Waals surface area (Å²) in [7, 11) is 0. The van der Waals surface area contributed by atoms with Gasteiger partial charge in [0.25, 0.3) is 0 Å². The molecule has 0 heterocycles. The molecular weight excluding hydrogens is 393 g/mol. The van der Waals surface area contributed by atoms with Gasteiger partial charge in [0.2, 0.25) is 0 Å². The van der Waals surface area contributed by atoms with Crippen molar-refractivity contribution in [1.82, 2.24) is 5.43 Å². The zero-order valence-electron chi connectivity index (χ0n) is 11.8. The average Bonchev–Trinajstić information content (AvgIpc) is 2.51. The Bertz CT molecular complexity index is 712. The van der Waals surface area contributed by atoms with Crippen molar-refractivity contribution in [2.45, 2.75) is 6.92 Å². The van der Waals surface area contributed by atoms with Gasteiger partial charge in [-0.3, -0.25) is 9.59 Å². The highest BCUT2D eigenvalue weighted by molar-refractivity contribution is 14.1. The largest absolute Gasteiger partial charge is 0.329 e. The number of carbonyl (C=O) groups excluding carboxylic acids is 2. The normalized spacial score (nSPS) is 10.5. The molecule has 0 aliphatic rings. The van der Waals surface area contributed by atoms with Crippen LogP contribution in [0, 0.1) is 10.5 Å². The van der Waals surface area contributed by atoms with Crippen LogP contribution in [0.4, 0.5) is 5.69 Å². The number of amides is 2. The Labute approximate surface area is 141 Å². The molecule has 0 saturated heterocycles. The lowest BCUT2D eigenvalue weighted by atomic mass is 10.2. The Hall–Kier alpha value is -2.22. The van der Waals surface area contributed by atoms with Crippen LogP contribution >= 0.6 is 22.6 Å². The van der Waals surface area contributed by atoms with Crippen molar-refractivity contribution in [2.75, 3.05) is 5.32 Å². The molecule has 5 nitrogen and oxygen atoms in total. The molecule has 0 aromatic heterocycles. The first-order chi connectivity index (χ1) is 10.6. The van der Waals surface area contributed by atoms with Crippen molar-refractivity contribution in [3.63, 3.8) is 0 Å². The first kappa shape index (κ1) is 16.2. The Kier molecular flexibility index (Phi) is 5.65. The molecule has 22 heavy (non-hydrogen) atoms. The zero-order chi connectivity index (χ0) is 15.9. The van der Waals surface area contributed by atoms with Crippen LogP contribution in [0.5, 0.6) is 0 Å². The predicted molar refractivity (Wildman–Crippen MR) is 94.7 cm³/mol. The van der Waals surface area contributed by atoms with Gasteiger partial charge in [-0.25, -0.2) is 5.43 Å². The highest BCUT2D eigenvalue weighted by Gasteiger charge is 2.13. The van der Waals surface area contributed by atoms with Crippen molar-refractivity contribution < 1.29 is 9.59 Å². The van der Waals surface area contributed by atoms with Crippen molar-refractivity contribution in [3.8, 4) is 0 Å². The number of halogens is 1. The smallest absolute Gasteiger partial charge is 0.317 e. The van der Waals surface area contributed by atoms with Crippen LogP contribution in [-0.2, 0) is 9.59 Å². The maximum atomic E-state index is 11.8. The second kappa shape index (κ2) is 7.69. The maximum Gasteiger partial charge on any atom is 0.329 e. The maximum absolute atomic E-state index is 11.8. The molecule has 2 N–H and O–H groups in total. The minimum Gasteiger partial charge on any atom is -0.317 e. The molecular formula is C16H14IN3O2. The van der Waals surface area contributed by atoms with Crippen molar-refractivity contribution in [1.29, 1.82) is 0 Å². The molecule has 0 unspecified atom stereocenters. The lowest BCUT2D eigenvalue weighted by molar-refractivity contribution is -0.136. The molecule has 112 valence electrons. The summed E-state index contributed by atoms with van der Waals surface area (Å²) in [4.78, 5) is 23.4. The topological polar surface area (TPSA) is 70.6 Å². The van der Waals surface area contributed by atoms with Gasteiger partial charge >= 0.3 is 11.8 Å². The standard InChI is InChI=1S/C16H14IN3O2/c1-11-4-2-3-5-14(11)19-15(21)16(22)20-18-10-12-6-8-13(17)9-7-12/h2-10H,1H3,(H,19,21)(H,20,22). The molecule has 2 rings (SSSR count). The number of rotatable bonds is 3. The molecule has 0 atom stereocenters. The third-order valence-corrected chi connectivity index (χ3v) is 3.57. The first-order valence-corrected chi connectivity index (χ1v) is 7.60. The highest BCUT2D eigenvalue weighted by atomic mass is 127. The van der Waals surface area contributed by atoms with E-state index in [0.29, 0.717) is 5.69 Å². The Balaban J connectivity index is 1.90. The van der Waals surface area contributed by atoms with Gasteiger partial charge in [0, 0.05) is 9.26 Å². The van der Waals surface area contributed by atoms with Crippen molar-refractivity contribution >= 4 is 46.3 Å². The van der Waals surface area contributed by atoms with E-state index < -0.39 is 11.8 Å². The predicted octanol–water partition coefficient (Wildman–Crippen LogP) is 2.69. The van der Waals surface area contributed by atoms with Crippen LogP contribution in [0.3, 0.4) is 0 Å². The Morgan fingerprint density at radius 3 is 2.41 bits per heavy atom. The van der Waals surface area contributed by atoms with E-state index in [2.05, 4.69) is 38.4 Å². The summed E-state index contributed by atoms with van der Waals surface area (Å²) in [5.74, 6) is -1.57. The second-order valence-electron chi connectivity index (χ2n) is 4.52. The van der Waals surface area contributed by atoms with Gasteiger partial charge in [-0.1, -0.05) is 30.3 Å².